The van der Waals surface area contributed by atoms with Gasteiger partial charge < -0.3 is 19.9 Å². The van der Waals surface area contributed by atoms with Gasteiger partial charge >= 0.3 is 0 Å². The van der Waals surface area contributed by atoms with Gasteiger partial charge in [0, 0.05) is 31.2 Å². The van der Waals surface area contributed by atoms with Crippen LogP contribution in [0.1, 0.15) is 60.7 Å². The number of methoxy groups -OCH3 is 1. The standard InChI is InChI=1S/C19H25N5O5/c1-11(2)16(19-22-17(23-29-19)12-4-5-12)21-18(25)13-6-7-14(20-8-9-28-3)15(10-13)24(26)27/h6-7,10-12,16,20H,4-5,8-9H2,1-3H3,(H,21,25). The molecule has 10 nitrogen and oxygen atoms in total. The van der Waals surface area contributed by atoms with Gasteiger partial charge in [0.05, 0.1) is 11.5 Å². The van der Waals surface area contributed by atoms with Crippen molar-refractivity contribution < 1.29 is 19.0 Å². The number of ether oxygens (including phenoxy) is 1. The number of amides is 1. The van der Waals surface area contributed by atoms with Crippen molar-refractivity contribution >= 4 is 17.3 Å². The van der Waals surface area contributed by atoms with Crippen LogP contribution in [0.2, 0.25) is 0 Å². The number of carbonyl (C=O) groups excluding carboxylic acids is 1. The molecular weight excluding hydrogens is 378 g/mol. The van der Waals surface area contributed by atoms with Crippen LogP contribution in [0.25, 0.3) is 0 Å². The third-order valence-electron chi connectivity index (χ3n) is 4.70. The predicted molar refractivity (Wildman–Crippen MR) is 105 cm³/mol. The molecule has 3 rings (SSSR count). The zero-order valence-electron chi connectivity index (χ0n) is 16.7. The second-order valence-electron chi connectivity index (χ2n) is 7.37. The fourth-order valence-electron chi connectivity index (χ4n) is 2.88. The van der Waals surface area contributed by atoms with Gasteiger partial charge in [0.25, 0.3) is 11.6 Å². The fraction of sp³-hybridized carbons (Fsp3) is 0.526. The highest BCUT2D eigenvalue weighted by molar-refractivity contribution is 5.96. The lowest BCUT2D eigenvalue weighted by Crippen LogP contribution is -2.32. The van der Waals surface area contributed by atoms with Crippen molar-refractivity contribution in [3.8, 4) is 0 Å². The second kappa shape index (κ2) is 8.99. The van der Waals surface area contributed by atoms with Crippen molar-refractivity contribution in [1.82, 2.24) is 15.5 Å². The minimum absolute atomic E-state index is 0.00331. The summed E-state index contributed by atoms with van der Waals surface area (Å²) in [6.07, 6.45) is 2.10. The van der Waals surface area contributed by atoms with Gasteiger partial charge in [0.15, 0.2) is 5.82 Å². The Labute approximate surface area is 168 Å². The van der Waals surface area contributed by atoms with E-state index in [0.717, 1.165) is 12.8 Å². The number of aromatic nitrogens is 2. The van der Waals surface area contributed by atoms with Crippen LogP contribution in [0, 0.1) is 16.0 Å². The Hall–Kier alpha value is -3.01. The minimum atomic E-state index is -0.522. The van der Waals surface area contributed by atoms with Crippen LogP contribution >= 0.6 is 0 Å². The Balaban J connectivity index is 1.76. The molecule has 2 N–H and O–H groups in total. The molecular formula is C19H25N5O5. The number of benzene rings is 1. The van der Waals surface area contributed by atoms with E-state index < -0.39 is 16.9 Å². The quantitative estimate of drug-likeness (QED) is 0.351. The van der Waals surface area contributed by atoms with E-state index >= 15 is 0 Å². The van der Waals surface area contributed by atoms with Crippen LogP contribution in [0.15, 0.2) is 22.7 Å². The number of hydrogen-bond donors (Lipinski definition) is 2. The van der Waals surface area contributed by atoms with Crippen LogP contribution in [0.3, 0.4) is 0 Å². The lowest BCUT2D eigenvalue weighted by molar-refractivity contribution is -0.384. The summed E-state index contributed by atoms with van der Waals surface area (Å²) in [4.78, 5) is 28.1. The molecule has 29 heavy (non-hydrogen) atoms. The summed E-state index contributed by atoms with van der Waals surface area (Å²) in [5.74, 6) is 0.916. The van der Waals surface area contributed by atoms with Crippen molar-refractivity contribution in [3.63, 3.8) is 0 Å². The Bertz CT molecular complexity index is 878. The molecule has 1 unspecified atom stereocenters. The molecule has 1 amide bonds. The van der Waals surface area contributed by atoms with E-state index in [9.17, 15) is 14.9 Å². The molecule has 1 aliphatic carbocycles. The van der Waals surface area contributed by atoms with Crippen LogP contribution in [0.5, 0.6) is 0 Å². The maximum Gasteiger partial charge on any atom is 0.293 e. The molecule has 0 bridgehead atoms. The first-order valence-corrected chi connectivity index (χ1v) is 9.56. The van der Waals surface area contributed by atoms with Crippen molar-refractivity contribution in [1.29, 1.82) is 0 Å². The molecule has 10 heteroatoms. The molecule has 1 saturated carbocycles. The third kappa shape index (κ3) is 5.08. The summed E-state index contributed by atoms with van der Waals surface area (Å²) < 4.78 is 10.3. The number of nitro groups is 1. The van der Waals surface area contributed by atoms with Gasteiger partial charge in [-0.3, -0.25) is 14.9 Å². The molecule has 0 spiro atoms. The van der Waals surface area contributed by atoms with Crippen LogP contribution in [-0.4, -0.2) is 41.2 Å². The largest absolute Gasteiger partial charge is 0.383 e. The van der Waals surface area contributed by atoms with Gasteiger partial charge in [-0.15, -0.1) is 0 Å². The molecule has 1 heterocycles. The number of hydrogen-bond acceptors (Lipinski definition) is 8. The Morgan fingerprint density at radius 1 is 1.41 bits per heavy atom. The van der Waals surface area contributed by atoms with Gasteiger partial charge in [0.2, 0.25) is 5.89 Å². The van der Waals surface area contributed by atoms with Crippen molar-refractivity contribution in [2.45, 2.75) is 38.6 Å². The van der Waals surface area contributed by atoms with Crippen LogP contribution < -0.4 is 10.6 Å². The average molecular weight is 403 g/mol. The van der Waals surface area contributed by atoms with E-state index in [1.807, 2.05) is 13.8 Å². The van der Waals surface area contributed by atoms with Gasteiger partial charge in [-0.1, -0.05) is 19.0 Å². The van der Waals surface area contributed by atoms with Crippen molar-refractivity contribution in [2.75, 3.05) is 25.6 Å². The highest BCUT2D eigenvalue weighted by atomic mass is 16.6. The third-order valence-corrected chi connectivity index (χ3v) is 4.70. The molecule has 1 aromatic heterocycles. The summed E-state index contributed by atoms with van der Waals surface area (Å²) in [6, 6.07) is 3.83. The lowest BCUT2D eigenvalue weighted by atomic mass is 10.0. The number of carbonyl (C=O) groups is 1. The summed E-state index contributed by atoms with van der Waals surface area (Å²) >= 11 is 0. The number of anilines is 1. The maximum atomic E-state index is 12.8. The van der Waals surface area contributed by atoms with E-state index in [-0.39, 0.29) is 17.2 Å². The first-order valence-electron chi connectivity index (χ1n) is 9.56. The van der Waals surface area contributed by atoms with E-state index in [2.05, 4.69) is 20.8 Å². The van der Waals surface area contributed by atoms with Gasteiger partial charge in [0.1, 0.15) is 11.7 Å². The summed E-state index contributed by atoms with van der Waals surface area (Å²) in [5.41, 5.74) is 0.334. The zero-order chi connectivity index (χ0) is 21.0. The smallest absolute Gasteiger partial charge is 0.293 e. The van der Waals surface area contributed by atoms with Gasteiger partial charge in [-0.2, -0.15) is 4.98 Å². The summed E-state index contributed by atoms with van der Waals surface area (Å²) in [5, 5.41) is 21.2. The second-order valence-corrected chi connectivity index (χ2v) is 7.37. The van der Waals surface area contributed by atoms with E-state index in [1.54, 1.807) is 7.11 Å². The highest BCUT2D eigenvalue weighted by Crippen LogP contribution is 2.38. The van der Waals surface area contributed by atoms with Crippen molar-refractivity contribution in [3.05, 3.63) is 45.6 Å². The predicted octanol–water partition coefficient (Wildman–Crippen LogP) is 3.04. The van der Waals surface area contributed by atoms with Gasteiger partial charge in [-0.05, 0) is 30.9 Å². The average Bonchev–Trinajstić information content (AvgIpc) is 3.43. The lowest BCUT2D eigenvalue weighted by Gasteiger charge is -2.18. The molecule has 1 aromatic carbocycles. The number of nitro benzene ring substituents is 1. The molecule has 1 aliphatic rings. The SMILES string of the molecule is COCCNc1ccc(C(=O)NC(c2nc(C3CC3)no2)C(C)C)cc1[N+](=O)[O-]. The first-order chi connectivity index (χ1) is 13.9. The van der Waals surface area contributed by atoms with E-state index in [0.29, 0.717) is 36.5 Å². The molecule has 0 radical (unpaired) electrons. The molecule has 0 saturated heterocycles. The van der Waals surface area contributed by atoms with Gasteiger partial charge in [-0.25, -0.2) is 0 Å². The Morgan fingerprint density at radius 2 is 2.17 bits per heavy atom. The number of rotatable bonds is 10. The minimum Gasteiger partial charge on any atom is -0.383 e. The van der Waals surface area contributed by atoms with E-state index in [4.69, 9.17) is 9.26 Å². The summed E-state index contributed by atoms with van der Waals surface area (Å²) in [6.45, 7) is 4.68. The zero-order valence-corrected chi connectivity index (χ0v) is 16.7. The van der Waals surface area contributed by atoms with Crippen LogP contribution in [0.4, 0.5) is 11.4 Å². The summed E-state index contributed by atoms with van der Waals surface area (Å²) in [7, 11) is 1.55. The Kier molecular flexibility index (Phi) is 6.42. The molecule has 156 valence electrons. The molecule has 2 aromatic rings. The highest BCUT2D eigenvalue weighted by Gasteiger charge is 2.32. The molecule has 0 aliphatic heterocycles. The maximum absolute atomic E-state index is 12.8. The number of nitrogens with zero attached hydrogens (tertiary/aromatic N) is 3. The van der Waals surface area contributed by atoms with Crippen molar-refractivity contribution in [2.24, 2.45) is 5.92 Å². The fourth-order valence-corrected chi connectivity index (χ4v) is 2.88. The van der Waals surface area contributed by atoms with Crippen LogP contribution in [-0.2, 0) is 4.74 Å². The normalized spacial score (nSPS) is 14.6. The molecule has 1 atom stereocenters. The molecule has 1 fully saturated rings. The monoisotopic (exact) mass is 403 g/mol. The Morgan fingerprint density at radius 3 is 2.79 bits per heavy atom. The first kappa shape index (κ1) is 20.7. The number of nitrogens with one attached hydrogen (secondary N) is 2. The van der Waals surface area contributed by atoms with E-state index in [1.165, 1.54) is 18.2 Å². The topological polar surface area (TPSA) is 132 Å².